The van der Waals surface area contributed by atoms with Crippen LogP contribution in [-0.2, 0) is 6.42 Å². The Bertz CT molecular complexity index is 1830. The van der Waals surface area contributed by atoms with Crippen LogP contribution in [0.15, 0.2) is 71.5 Å². The molecule has 0 unspecified atom stereocenters. The van der Waals surface area contributed by atoms with E-state index < -0.39 is 5.97 Å². The van der Waals surface area contributed by atoms with E-state index in [4.69, 9.17) is 9.47 Å². The summed E-state index contributed by atoms with van der Waals surface area (Å²) in [7, 11) is 0. The van der Waals surface area contributed by atoms with E-state index in [0.717, 1.165) is 77.3 Å². The number of rotatable bonds is 16. The van der Waals surface area contributed by atoms with Gasteiger partial charge in [-0.05, 0) is 65.4 Å². The summed E-state index contributed by atoms with van der Waals surface area (Å²) in [6.07, 6.45) is 9.18. The summed E-state index contributed by atoms with van der Waals surface area (Å²) in [6, 6.07) is 21.7. The van der Waals surface area contributed by atoms with Crippen LogP contribution in [0.5, 0.6) is 11.5 Å². The molecule has 0 spiro atoms. The maximum Gasteiger partial charge on any atom is 0.354 e. The lowest BCUT2D eigenvalue weighted by Crippen LogP contribution is -2.19. The van der Waals surface area contributed by atoms with Crippen LogP contribution in [0.3, 0.4) is 0 Å². The van der Waals surface area contributed by atoms with E-state index in [1.807, 2.05) is 43.3 Å². The Kier molecular flexibility index (Phi) is 11.0. The molecule has 0 amide bonds. The molecular formula is C38H43NO5S. The Balaban J connectivity index is 1.58. The van der Waals surface area contributed by atoms with Gasteiger partial charge >= 0.3 is 5.97 Å². The number of unbranched alkanes of at least 4 members (excludes halogenated alkanes) is 6. The highest BCUT2D eigenvalue weighted by Crippen LogP contribution is 2.40. The zero-order valence-electron chi connectivity index (χ0n) is 26.6. The number of carboxylic acid groups (broad SMARTS) is 1. The molecule has 0 saturated carbocycles. The lowest BCUT2D eigenvalue weighted by atomic mass is 9.98. The number of carboxylic acids is 1. The van der Waals surface area contributed by atoms with Gasteiger partial charge in [0.25, 0.3) is 5.56 Å². The molecule has 5 rings (SSSR count). The molecule has 0 bridgehead atoms. The summed E-state index contributed by atoms with van der Waals surface area (Å²) in [5.74, 6) is 0.225. The molecule has 2 aromatic heterocycles. The molecule has 0 fully saturated rings. The number of ether oxygens (including phenoxy) is 2. The van der Waals surface area contributed by atoms with Gasteiger partial charge in [-0.3, -0.25) is 9.20 Å². The van der Waals surface area contributed by atoms with Crippen molar-refractivity contribution >= 4 is 32.9 Å². The number of hydrogen-bond acceptors (Lipinski definition) is 5. The van der Waals surface area contributed by atoms with Crippen LogP contribution in [0.2, 0.25) is 0 Å². The van der Waals surface area contributed by atoms with E-state index in [0.29, 0.717) is 35.1 Å². The predicted molar refractivity (Wildman–Crippen MR) is 185 cm³/mol. The average Bonchev–Trinajstić information content (AvgIpc) is 3.45. The van der Waals surface area contributed by atoms with Gasteiger partial charge in [0.15, 0.2) is 11.4 Å². The molecular weight excluding hydrogens is 582 g/mol. The standard InChI is InChI=1S/C38H43NO5S/c1-4-6-8-12-21-43-32-20-19-29(23-26(32)3)36-34(38(41)42)39-33(40)25-30(35(37(39)45-36)44-22-13-9-7-5-2)24-28-17-14-16-27-15-10-11-18-31(27)28/h10-11,14-20,23,25H,4-9,12-13,21-22,24H2,1-3H3,(H,41,42). The normalized spacial score (nSPS) is 11.4. The molecule has 45 heavy (non-hydrogen) atoms. The quantitative estimate of drug-likeness (QED) is 0.111. The number of hydrogen-bond donors (Lipinski definition) is 1. The minimum Gasteiger partial charge on any atom is -0.493 e. The lowest BCUT2D eigenvalue weighted by molar-refractivity contribution is 0.0690. The van der Waals surface area contributed by atoms with E-state index in [2.05, 4.69) is 38.1 Å². The average molecular weight is 626 g/mol. The van der Waals surface area contributed by atoms with Gasteiger partial charge in [0.05, 0.1) is 18.1 Å². The summed E-state index contributed by atoms with van der Waals surface area (Å²) in [6.45, 7) is 7.47. The number of fused-ring (bicyclic) bond motifs is 2. The van der Waals surface area contributed by atoms with Crippen LogP contribution < -0.4 is 15.0 Å². The maximum absolute atomic E-state index is 13.7. The molecule has 0 aliphatic rings. The molecule has 0 aliphatic heterocycles. The first kappa shape index (κ1) is 32.3. The van der Waals surface area contributed by atoms with Crippen LogP contribution in [-0.4, -0.2) is 28.7 Å². The third-order valence-electron chi connectivity index (χ3n) is 8.24. The summed E-state index contributed by atoms with van der Waals surface area (Å²) in [4.78, 5) is 27.5. The summed E-state index contributed by atoms with van der Waals surface area (Å²) in [5, 5.41) is 12.7. The third-order valence-corrected chi connectivity index (χ3v) is 9.44. The lowest BCUT2D eigenvalue weighted by Gasteiger charge is -2.14. The van der Waals surface area contributed by atoms with Gasteiger partial charge in [0, 0.05) is 18.1 Å². The zero-order chi connectivity index (χ0) is 31.8. The second-order valence-corrected chi connectivity index (χ2v) is 12.7. The summed E-state index contributed by atoms with van der Waals surface area (Å²) in [5.41, 5.74) is 3.10. The number of benzene rings is 3. The van der Waals surface area contributed by atoms with E-state index in [1.54, 1.807) is 6.07 Å². The Hall–Kier alpha value is -4.10. The van der Waals surface area contributed by atoms with Crippen LogP contribution in [0.25, 0.3) is 26.0 Å². The number of aromatic carboxylic acids is 1. The van der Waals surface area contributed by atoms with Gasteiger partial charge in [-0.1, -0.05) is 94.8 Å². The van der Waals surface area contributed by atoms with Gasteiger partial charge in [-0.2, -0.15) is 0 Å². The van der Waals surface area contributed by atoms with E-state index in [-0.39, 0.29) is 11.3 Å². The smallest absolute Gasteiger partial charge is 0.354 e. The van der Waals surface area contributed by atoms with Crippen molar-refractivity contribution in [2.24, 2.45) is 0 Å². The first-order valence-electron chi connectivity index (χ1n) is 16.2. The fraction of sp³-hybridized carbons (Fsp3) is 0.368. The van der Waals surface area contributed by atoms with Gasteiger partial charge < -0.3 is 14.6 Å². The maximum atomic E-state index is 13.7. The fourth-order valence-electron chi connectivity index (χ4n) is 5.86. The number of pyridine rings is 1. The van der Waals surface area contributed by atoms with Gasteiger partial charge in [0.1, 0.15) is 10.6 Å². The molecule has 0 radical (unpaired) electrons. The monoisotopic (exact) mass is 625 g/mol. The molecule has 1 N–H and O–H groups in total. The number of carbonyl (C=O) groups is 1. The minimum atomic E-state index is -1.15. The van der Waals surface area contributed by atoms with Gasteiger partial charge in [0.2, 0.25) is 0 Å². The van der Waals surface area contributed by atoms with Crippen LogP contribution in [0.4, 0.5) is 0 Å². The highest BCUT2D eigenvalue weighted by molar-refractivity contribution is 7.21. The predicted octanol–water partition coefficient (Wildman–Crippen LogP) is 9.70. The van der Waals surface area contributed by atoms with Crippen LogP contribution in [0, 0.1) is 6.92 Å². The Morgan fingerprint density at radius 3 is 2.24 bits per heavy atom. The fourth-order valence-corrected chi connectivity index (χ4v) is 7.13. The third kappa shape index (κ3) is 7.42. The van der Waals surface area contributed by atoms with Crippen molar-refractivity contribution in [1.82, 2.24) is 4.40 Å². The molecule has 0 atom stereocenters. The molecule has 5 aromatic rings. The first-order valence-corrected chi connectivity index (χ1v) is 17.0. The van der Waals surface area contributed by atoms with Crippen molar-refractivity contribution in [3.05, 3.63) is 99.5 Å². The molecule has 0 saturated heterocycles. The van der Waals surface area contributed by atoms with Gasteiger partial charge in [-0.25, -0.2) is 4.79 Å². The molecule has 3 aromatic carbocycles. The van der Waals surface area contributed by atoms with Crippen molar-refractivity contribution < 1.29 is 19.4 Å². The van der Waals surface area contributed by atoms with E-state index in [1.165, 1.54) is 28.6 Å². The van der Waals surface area contributed by atoms with Crippen molar-refractivity contribution in [3.63, 3.8) is 0 Å². The SMILES string of the molecule is CCCCCCOc1ccc(-c2sc3c(OCCCCCC)c(Cc4cccc5ccccc45)cc(=O)n3c2C(=O)O)cc1C. The molecule has 2 heterocycles. The van der Waals surface area contributed by atoms with Crippen LogP contribution in [0.1, 0.15) is 92.4 Å². The highest BCUT2D eigenvalue weighted by Gasteiger charge is 2.26. The second kappa shape index (κ2) is 15.3. The summed E-state index contributed by atoms with van der Waals surface area (Å²) >= 11 is 1.30. The van der Waals surface area contributed by atoms with Crippen LogP contribution >= 0.6 is 11.3 Å². The van der Waals surface area contributed by atoms with Crippen molar-refractivity contribution in [3.8, 4) is 21.9 Å². The number of thiazole rings is 1. The molecule has 236 valence electrons. The summed E-state index contributed by atoms with van der Waals surface area (Å²) < 4.78 is 13.8. The van der Waals surface area contributed by atoms with Crippen molar-refractivity contribution in [2.45, 2.75) is 78.6 Å². The molecule has 6 nitrogen and oxygen atoms in total. The van der Waals surface area contributed by atoms with E-state index in [9.17, 15) is 14.7 Å². The number of aryl methyl sites for hydroxylation is 1. The highest BCUT2D eigenvalue weighted by atomic mass is 32.1. The van der Waals surface area contributed by atoms with Crippen molar-refractivity contribution in [2.75, 3.05) is 13.2 Å². The molecule has 7 heteroatoms. The number of nitrogens with zero attached hydrogens (tertiary/aromatic N) is 1. The van der Waals surface area contributed by atoms with Gasteiger partial charge in [-0.15, -0.1) is 11.3 Å². The zero-order valence-corrected chi connectivity index (χ0v) is 27.4. The van der Waals surface area contributed by atoms with Crippen molar-refractivity contribution in [1.29, 1.82) is 0 Å². The first-order chi connectivity index (χ1) is 21.9. The topological polar surface area (TPSA) is 77.2 Å². The Labute approximate surface area is 269 Å². The Morgan fingerprint density at radius 2 is 1.53 bits per heavy atom. The largest absolute Gasteiger partial charge is 0.493 e. The Morgan fingerprint density at radius 1 is 0.822 bits per heavy atom. The number of aromatic nitrogens is 1. The minimum absolute atomic E-state index is 0.0415. The second-order valence-electron chi connectivity index (χ2n) is 11.7. The molecule has 0 aliphatic carbocycles. The van der Waals surface area contributed by atoms with E-state index >= 15 is 0 Å².